The lowest BCUT2D eigenvalue weighted by atomic mass is 9.83. The molecule has 6 rings (SSSR count). The van der Waals surface area contributed by atoms with Crippen LogP contribution in [0.3, 0.4) is 0 Å². The molecule has 0 aliphatic carbocycles. The van der Waals surface area contributed by atoms with Gasteiger partial charge in [-0.1, -0.05) is 12.1 Å². The Bertz CT molecular complexity index is 1870. The number of hydrogen-bond donors (Lipinski definition) is 6. The Hall–Kier alpha value is -6.44. The third-order valence-corrected chi connectivity index (χ3v) is 8.70. The predicted molar refractivity (Wildman–Crippen MR) is 167 cm³/mol. The molecule has 2 saturated heterocycles. The van der Waals surface area contributed by atoms with Gasteiger partial charge in [0.1, 0.15) is 11.5 Å². The lowest BCUT2D eigenvalue weighted by molar-refractivity contribution is -0.124. The zero-order chi connectivity index (χ0) is 34.6. The fourth-order valence-corrected chi connectivity index (χ4v) is 6.70. The second kappa shape index (κ2) is 11.7. The first kappa shape index (κ1) is 31.5. The maximum absolute atomic E-state index is 14.8. The van der Waals surface area contributed by atoms with Crippen LogP contribution in [-0.4, -0.2) is 68.6 Å². The van der Waals surface area contributed by atoms with Crippen LogP contribution in [0.1, 0.15) is 43.9 Å². The summed E-state index contributed by atoms with van der Waals surface area (Å²) in [5.41, 5.74) is -0.577. The summed E-state index contributed by atoms with van der Waals surface area (Å²) >= 11 is 0. The van der Waals surface area contributed by atoms with Crippen molar-refractivity contribution in [1.29, 1.82) is 0 Å². The van der Waals surface area contributed by atoms with Gasteiger partial charge in [0.25, 0.3) is 0 Å². The Morgan fingerprint density at radius 2 is 0.958 bits per heavy atom. The van der Waals surface area contributed by atoms with E-state index >= 15 is 0 Å². The Morgan fingerprint density at radius 1 is 0.583 bits per heavy atom. The molecule has 2 heterocycles. The van der Waals surface area contributed by atoms with Crippen LogP contribution >= 0.6 is 0 Å². The highest BCUT2D eigenvalue weighted by Crippen LogP contribution is 2.58. The Kier molecular flexibility index (Phi) is 7.71. The molecule has 2 aliphatic heterocycles. The summed E-state index contributed by atoms with van der Waals surface area (Å²) in [6, 6.07) is 12.6. The van der Waals surface area contributed by atoms with E-state index in [9.17, 15) is 49.8 Å². The maximum atomic E-state index is 14.8. The number of rotatable bonds is 8. The highest BCUT2D eigenvalue weighted by molar-refractivity contribution is 6.14. The molecule has 0 bridgehead atoms. The number of carbonyl (C=O) groups is 4. The summed E-state index contributed by atoms with van der Waals surface area (Å²) in [7, 11) is 2.60. The number of phenolic OH excluding ortho intramolecular Hbond substituents is 4. The number of carbonyl (C=O) groups excluding carboxylic acids is 2. The maximum Gasteiger partial charge on any atom is 0.337 e. The van der Waals surface area contributed by atoms with Crippen LogP contribution in [0.25, 0.3) is 0 Å². The highest BCUT2D eigenvalue weighted by Gasteiger charge is 2.64. The first-order chi connectivity index (χ1) is 22.9. The van der Waals surface area contributed by atoms with Crippen LogP contribution in [0.4, 0.5) is 11.4 Å². The molecule has 4 atom stereocenters. The number of anilines is 2. The van der Waals surface area contributed by atoms with Gasteiger partial charge in [0.05, 0.1) is 60.6 Å². The van der Waals surface area contributed by atoms with Gasteiger partial charge in [-0.05, 0) is 71.8 Å². The molecular formula is C34H28N2O12. The Labute approximate surface area is 271 Å². The fourth-order valence-electron chi connectivity index (χ4n) is 6.70. The number of hydrogen-bond acceptors (Lipinski definition) is 10. The van der Waals surface area contributed by atoms with Gasteiger partial charge in [-0.3, -0.25) is 9.59 Å². The molecule has 0 aromatic heterocycles. The molecule has 0 saturated carbocycles. The van der Waals surface area contributed by atoms with Crippen LogP contribution in [0.2, 0.25) is 0 Å². The number of phenols is 4. The molecule has 14 heteroatoms. The van der Waals surface area contributed by atoms with Crippen molar-refractivity contribution in [2.45, 2.75) is 12.1 Å². The number of carboxylic acids is 2. The molecule has 2 amide bonds. The lowest BCUT2D eigenvalue weighted by Gasteiger charge is -2.33. The zero-order valence-corrected chi connectivity index (χ0v) is 25.3. The number of nitrogens with zero attached hydrogens (tertiary/aromatic N) is 2. The number of aromatic carboxylic acids is 2. The molecule has 246 valence electrons. The van der Waals surface area contributed by atoms with Gasteiger partial charge in [-0.2, -0.15) is 0 Å². The smallest absolute Gasteiger partial charge is 0.337 e. The fraction of sp³-hybridized carbons (Fsp3) is 0.176. The predicted octanol–water partition coefficient (Wildman–Crippen LogP) is 4.03. The SMILES string of the molecule is COc1cc([C@H]2[C@@H]3C(=O)N(c4ccc(O)cc4C(=O)O)[C@@H](c4ccc(O)c(OC)c4)[C@@H]3C(=O)N2c2ccc(O)cc2C(=O)O)ccc1O. The first-order valence-corrected chi connectivity index (χ1v) is 14.4. The summed E-state index contributed by atoms with van der Waals surface area (Å²) < 4.78 is 10.6. The van der Waals surface area contributed by atoms with Crippen molar-refractivity contribution >= 4 is 35.1 Å². The van der Waals surface area contributed by atoms with Crippen molar-refractivity contribution in [3.8, 4) is 34.5 Å². The van der Waals surface area contributed by atoms with Crippen LogP contribution in [-0.2, 0) is 9.59 Å². The first-order valence-electron chi connectivity index (χ1n) is 14.4. The van der Waals surface area contributed by atoms with Gasteiger partial charge in [-0.25, -0.2) is 9.59 Å². The number of aromatic hydroxyl groups is 4. The average molecular weight is 657 g/mol. The van der Waals surface area contributed by atoms with Crippen LogP contribution < -0.4 is 19.3 Å². The van der Waals surface area contributed by atoms with Crippen molar-refractivity contribution in [3.05, 3.63) is 95.1 Å². The Morgan fingerprint density at radius 3 is 1.29 bits per heavy atom. The summed E-state index contributed by atoms with van der Waals surface area (Å²) in [5.74, 6) is -8.17. The van der Waals surface area contributed by atoms with E-state index < -0.39 is 58.8 Å². The topological polar surface area (TPSA) is 215 Å². The zero-order valence-electron chi connectivity index (χ0n) is 25.3. The molecule has 0 spiro atoms. The minimum atomic E-state index is -1.46. The van der Waals surface area contributed by atoms with E-state index in [0.717, 1.165) is 21.9 Å². The van der Waals surface area contributed by atoms with E-state index in [1.807, 2.05) is 0 Å². The molecule has 4 aromatic carbocycles. The third-order valence-electron chi connectivity index (χ3n) is 8.70. The van der Waals surface area contributed by atoms with E-state index in [1.54, 1.807) is 0 Å². The van der Waals surface area contributed by atoms with Gasteiger partial charge >= 0.3 is 11.9 Å². The summed E-state index contributed by atoms with van der Waals surface area (Å²) in [4.78, 5) is 56.8. The van der Waals surface area contributed by atoms with Crippen LogP contribution in [0, 0.1) is 11.8 Å². The quantitative estimate of drug-likeness (QED) is 0.159. The second-order valence-electron chi connectivity index (χ2n) is 11.2. The molecule has 14 nitrogen and oxygen atoms in total. The molecular weight excluding hydrogens is 628 g/mol. The normalized spacial score (nSPS) is 20.1. The van der Waals surface area contributed by atoms with E-state index in [0.29, 0.717) is 0 Å². The van der Waals surface area contributed by atoms with Crippen molar-refractivity contribution in [1.82, 2.24) is 0 Å². The van der Waals surface area contributed by atoms with Crippen molar-refractivity contribution in [2.24, 2.45) is 11.8 Å². The molecule has 2 fully saturated rings. The standard InChI is InChI=1S/C34H28N2O12/c1-47-25-11-15(3-9-23(25)39)29-27-28(32(42)35(29)21-7-5-17(37)13-19(21)33(43)44)30(16-4-10-24(40)26(12-16)48-2)36(31(27)41)22-8-6-18(38)14-20(22)34(45)46/h3-14,27-30,37-40H,1-2H3,(H,43,44)(H,45,46)/t27-,28-,29+,30+/m1/s1. The summed E-state index contributed by atoms with van der Waals surface area (Å²) in [6.07, 6.45) is 0. The summed E-state index contributed by atoms with van der Waals surface area (Å²) in [6.45, 7) is 0. The van der Waals surface area contributed by atoms with Gasteiger partial charge in [0.15, 0.2) is 23.0 Å². The minimum absolute atomic E-state index is 0.00124. The van der Waals surface area contributed by atoms with Gasteiger partial charge in [0.2, 0.25) is 11.8 Å². The van der Waals surface area contributed by atoms with E-state index in [2.05, 4.69) is 0 Å². The highest BCUT2D eigenvalue weighted by atomic mass is 16.5. The number of methoxy groups -OCH3 is 2. The molecule has 0 unspecified atom stereocenters. The number of benzene rings is 4. The van der Waals surface area contributed by atoms with Crippen molar-refractivity contribution < 1.29 is 59.3 Å². The number of fused-ring (bicyclic) bond motifs is 1. The third kappa shape index (κ3) is 4.90. The number of carboxylic acid groups (broad SMARTS) is 2. The van der Waals surface area contributed by atoms with Crippen molar-refractivity contribution in [2.75, 3.05) is 24.0 Å². The van der Waals surface area contributed by atoms with Crippen LogP contribution in [0.5, 0.6) is 34.5 Å². The van der Waals surface area contributed by atoms with Crippen LogP contribution in [0.15, 0.2) is 72.8 Å². The largest absolute Gasteiger partial charge is 0.508 e. The van der Waals surface area contributed by atoms with E-state index in [4.69, 9.17) is 9.47 Å². The second-order valence-corrected chi connectivity index (χ2v) is 11.2. The molecule has 6 N–H and O–H groups in total. The average Bonchev–Trinajstić information content (AvgIpc) is 3.52. The molecule has 0 radical (unpaired) electrons. The molecule has 2 aliphatic rings. The van der Waals surface area contributed by atoms with Gasteiger partial charge in [-0.15, -0.1) is 0 Å². The number of ether oxygens (including phenoxy) is 2. The van der Waals surface area contributed by atoms with E-state index in [-0.39, 0.29) is 57.0 Å². The molecule has 48 heavy (non-hydrogen) atoms. The number of amides is 2. The summed E-state index contributed by atoms with van der Waals surface area (Å²) in [5, 5.41) is 61.1. The van der Waals surface area contributed by atoms with Gasteiger partial charge in [0, 0.05) is 0 Å². The van der Waals surface area contributed by atoms with E-state index in [1.165, 1.54) is 74.9 Å². The van der Waals surface area contributed by atoms with Gasteiger partial charge < -0.3 is 49.9 Å². The Balaban J connectivity index is 1.65. The minimum Gasteiger partial charge on any atom is -0.508 e. The lowest BCUT2D eigenvalue weighted by Crippen LogP contribution is -2.39. The van der Waals surface area contributed by atoms with Crippen molar-refractivity contribution in [3.63, 3.8) is 0 Å². The molecule has 4 aromatic rings. The monoisotopic (exact) mass is 656 g/mol.